The Morgan fingerprint density at radius 2 is 1.75 bits per heavy atom. The average molecular weight is 402 g/mol. The lowest BCUT2D eigenvalue weighted by molar-refractivity contribution is -0.124. The van der Waals surface area contributed by atoms with Crippen LogP contribution in [0.1, 0.15) is 23.7 Å². The molecule has 8 heteroatoms. The van der Waals surface area contributed by atoms with E-state index in [1.165, 1.54) is 0 Å². The van der Waals surface area contributed by atoms with Crippen molar-refractivity contribution >= 4 is 27.3 Å². The van der Waals surface area contributed by atoms with Gasteiger partial charge in [0.05, 0.1) is 22.6 Å². The molecular weight excluding hydrogens is 380 g/mol. The zero-order chi connectivity index (χ0) is 20.2. The maximum atomic E-state index is 12.5. The summed E-state index contributed by atoms with van der Waals surface area (Å²) in [6.45, 7) is 1.39. The van der Waals surface area contributed by atoms with E-state index in [9.17, 15) is 18.0 Å². The first-order valence-corrected chi connectivity index (χ1v) is 10.7. The third kappa shape index (κ3) is 5.10. The molecule has 0 aliphatic carbocycles. The van der Waals surface area contributed by atoms with Crippen LogP contribution in [0.4, 0.5) is 5.69 Å². The molecule has 0 radical (unpaired) electrons. The Balaban J connectivity index is 1.62. The minimum Gasteiger partial charge on any atom is -0.483 e. The summed E-state index contributed by atoms with van der Waals surface area (Å²) < 4.78 is 28.8. The highest BCUT2D eigenvalue weighted by molar-refractivity contribution is 7.91. The summed E-state index contributed by atoms with van der Waals surface area (Å²) in [5.41, 5.74) is 0.160. The molecule has 2 amide bonds. The first kappa shape index (κ1) is 19.9. The SMILES string of the molecule is C[C@@]1(NC(=O)COc2ccccc2C(=O)Nc2ccccc2)CCS(=O)(=O)C1. The molecule has 148 valence electrons. The fourth-order valence-electron chi connectivity index (χ4n) is 3.13. The van der Waals surface area contributed by atoms with Crippen LogP contribution in [0.25, 0.3) is 0 Å². The van der Waals surface area contributed by atoms with Gasteiger partial charge < -0.3 is 15.4 Å². The molecule has 2 aromatic carbocycles. The molecule has 1 aliphatic rings. The van der Waals surface area contributed by atoms with Crippen molar-refractivity contribution < 1.29 is 22.7 Å². The first-order valence-electron chi connectivity index (χ1n) is 8.86. The summed E-state index contributed by atoms with van der Waals surface area (Å²) in [6.07, 6.45) is 0.372. The summed E-state index contributed by atoms with van der Waals surface area (Å²) in [5.74, 6) is -0.529. The van der Waals surface area contributed by atoms with Gasteiger partial charge in [-0.25, -0.2) is 8.42 Å². The Kier molecular flexibility index (Phi) is 5.69. The van der Waals surface area contributed by atoms with Crippen molar-refractivity contribution in [3.8, 4) is 5.75 Å². The molecule has 1 aliphatic heterocycles. The zero-order valence-corrected chi connectivity index (χ0v) is 16.3. The van der Waals surface area contributed by atoms with Crippen molar-refractivity contribution in [1.29, 1.82) is 0 Å². The zero-order valence-electron chi connectivity index (χ0n) is 15.5. The normalized spacial score (nSPS) is 20.3. The predicted octanol–water partition coefficient (Wildman–Crippen LogP) is 2.01. The van der Waals surface area contributed by atoms with Crippen LogP contribution in [0.2, 0.25) is 0 Å². The number of carbonyl (C=O) groups excluding carboxylic acids is 2. The predicted molar refractivity (Wildman–Crippen MR) is 106 cm³/mol. The van der Waals surface area contributed by atoms with E-state index in [2.05, 4.69) is 10.6 Å². The second-order valence-corrected chi connectivity index (χ2v) is 9.24. The Bertz CT molecular complexity index is 975. The van der Waals surface area contributed by atoms with E-state index in [1.807, 2.05) is 18.2 Å². The number of benzene rings is 2. The number of hydrogen-bond acceptors (Lipinski definition) is 5. The number of hydrogen-bond donors (Lipinski definition) is 2. The molecule has 1 atom stereocenters. The third-order valence-corrected chi connectivity index (χ3v) is 6.37. The second-order valence-electron chi connectivity index (χ2n) is 7.06. The van der Waals surface area contributed by atoms with Gasteiger partial charge in [0.2, 0.25) is 0 Å². The number of rotatable bonds is 6. The molecule has 1 heterocycles. The molecule has 0 saturated carbocycles. The maximum absolute atomic E-state index is 12.5. The lowest BCUT2D eigenvalue weighted by atomic mass is 10.0. The minimum atomic E-state index is -3.12. The Labute approximate surface area is 164 Å². The molecular formula is C20H22N2O5S. The van der Waals surface area contributed by atoms with Gasteiger partial charge in [-0.05, 0) is 37.6 Å². The molecule has 0 bridgehead atoms. The van der Waals surface area contributed by atoms with Crippen molar-refractivity contribution in [2.75, 3.05) is 23.4 Å². The summed E-state index contributed by atoms with van der Waals surface area (Å²) in [4.78, 5) is 24.8. The lowest BCUT2D eigenvalue weighted by Gasteiger charge is -2.24. The van der Waals surface area contributed by atoms with Crippen LogP contribution >= 0.6 is 0 Å². The van der Waals surface area contributed by atoms with Gasteiger partial charge in [-0.15, -0.1) is 0 Å². The summed E-state index contributed by atoms with van der Waals surface area (Å²) >= 11 is 0. The fourth-order valence-corrected chi connectivity index (χ4v) is 5.22. The number of amides is 2. The van der Waals surface area contributed by atoms with Crippen LogP contribution in [0.15, 0.2) is 54.6 Å². The molecule has 1 saturated heterocycles. The number of carbonyl (C=O) groups is 2. The smallest absolute Gasteiger partial charge is 0.259 e. The topological polar surface area (TPSA) is 102 Å². The first-order chi connectivity index (χ1) is 13.3. The molecule has 0 unspecified atom stereocenters. The highest BCUT2D eigenvalue weighted by atomic mass is 32.2. The third-order valence-electron chi connectivity index (χ3n) is 4.47. The van der Waals surface area contributed by atoms with Crippen molar-refractivity contribution in [1.82, 2.24) is 5.32 Å². The molecule has 7 nitrogen and oxygen atoms in total. The lowest BCUT2D eigenvalue weighted by Crippen LogP contribution is -2.48. The van der Waals surface area contributed by atoms with Crippen LogP contribution in [0, 0.1) is 0 Å². The summed E-state index contributed by atoms with van der Waals surface area (Å²) in [5, 5.41) is 5.50. The van der Waals surface area contributed by atoms with Crippen molar-refractivity contribution in [3.05, 3.63) is 60.2 Å². The summed E-state index contributed by atoms with van der Waals surface area (Å²) in [6, 6.07) is 15.6. The van der Waals surface area contributed by atoms with Gasteiger partial charge in [0.25, 0.3) is 11.8 Å². The number of para-hydroxylation sites is 2. The molecule has 28 heavy (non-hydrogen) atoms. The van der Waals surface area contributed by atoms with Crippen LogP contribution < -0.4 is 15.4 Å². The van der Waals surface area contributed by atoms with Crippen LogP contribution in [0.5, 0.6) is 5.75 Å². The van der Waals surface area contributed by atoms with Crippen LogP contribution in [-0.2, 0) is 14.6 Å². The quantitative estimate of drug-likeness (QED) is 0.770. The highest BCUT2D eigenvalue weighted by Crippen LogP contribution is 2.23. The van der Waals surface area contributed by atoms with E-state index in [0.29, 0.717) is 17.7 Å². The van der Waals surface area contributed by atoms with Gasteiger partial charge in [-0.2, -0.15) is 0 Å². The van der Waals surface area contributed by atoms with E-state index in [-0.39, 0.29) is 29.8 Å². The minimum absolute atomic E-state index is 0.0626. The second kappa shape index (κ2) is 8.02. The number of anilines is 1. The molecule has 2 N–H and O–H groups in total. The Morgan fingerprint density at radius 3 is 2.43 bits per heavy atom. The van der Waals surface area contributed by atoms with Crippen LogP contribution in [0.3, 0.4) is 0 Å². The van der Waals surface area contributed by atoms with Gasteiger partial charge in [0.1, 0.15) is 5.75 Å². The van der Waals surface area contributed by atoms with Gasteiger partial charge in [-0.3, -0.25) is 9.59 Å². The van der Waals surface area contributed by atoms with E-state index in [0.717, 1.165) is 0 Å². The molecule has 1 fully saturated rings. The Morgan fingerprint density at radius 1 is 1.07 bits per heavy atom. The largest absolute Gasteiger partial charge is 0.483 e. The van der Waals surface area contributed by atoms with Crippen LogP contribution in [-0.4, -0.2) is 43.9 Å². The van der Waals surface area contributed by atoms with Gasteiger partial charge >= 0.3 is 0 Å². The van der Waals surface area contributed by atoms with E-state index in [4.69, 9.17) is 4.74 Å². The summed E-state index contributed by atoms with van der Waals surface area (Å²) in [7, 11) is -3.12. The number of nitrogens with one attached hydrogen (secondary N) is 2. The molecule has 2 aromatic rings. The maximum Gasteiger partial charge on any atom is 0.259 e. The number of ether oxygens (including phenoxy) is 1. The van der Waals surface area contributed by atoms with Crippen molar-refractivity contribution in [2.24, 2.45) is 0 Å². The van der Waals surface area contributed by atoms with Crippen molar-refractivity contribution in [3.63, 3.8) is 0 Å². The number of sulfone groups is 1. The fraction of sp³-hybridized carbons (Fsp3) is 0.300. The van der Waals surface area contributed by atoms with Gasteiger partial charge in [0.15, 0.2) is 16.4 Å². The average Bonchev–Trinajstić information content (AvgIpc) is 2.93. The van der Waals surface area contributed by atoms with E-state index < -0.39 is 21.3 Å². The molecule has 0 spiro atoms. The standard InChI is InChI=1S/C20H22N2O5S/c1-20(11-12-28(25,26)14-20)22-18(23)13-27-17-10-6-5-9-16(17)19(24)21-15-7-3-2-4-8-15/h2-10H,11-14H2,1H3,(H,21,24)(H,22,23)/t20-/m1/s1. The van der Waals surface area contributed by atoms with Gasteiger partial charge in [0, 0.05) is 5.69 Å². The van der Waals surface area contributed by atoms with Crippen molar-refractivity contribution in [2.45, 2.75) is 18.9 Å². The Hall–Kier alpha value is -2.87. The van der Waals surface area contributed by atoms with E-state index >= 15 is 0 Å². The molecule has 0 aromatic heterocycles. The highest BCUT2D eigenvalue weighted by Gasteiger charge is 2.39. The van der Waals surface area contributed by atoms with E-state index in [1.54, 1.807) is 43.3 Å². The monoisotopic (exact) mass is 402 g/mol. The molecule has 3 rings (SSSR count). The van der Waals surface area contributed by atoms with Gasteiger partial charge in [-0.1, -0.05) is 30.3 Å².